The molecular formula is C32H27BrClN5O4. The number of nitrogens with zero attached hydrogens (tertiary/aromatic N) is 4. The third kappa shape index (κ3) is 5.32. The molecule has 0 spiro atoms. The van der Waals surface area contributed by atoms with Crippen LogP contribution in [0.15, 0.2) is 82.2 Å². The minimum Gasteiger partial charge on any atom is -0.497 e. The van der Waals surface area contributed by atoms with Crippen molar-refractivity contribution in [2.24, 2.45) is 0 Å². The molecule has 1 N–H and O–H groups in total. The zero-order valence-electron chi connectivity index (χ0n) is 23.4. The van der Waals surface area contributed by atoms with Gasteiger partial charge in [0.15, 0.2) is 0 Å². The highest BCUT2D eigenvalue weighted by Gasteiger charge is 2.29. The number of aromatic nitrogens is 3. The molecule has 0 bridgehead atoms. The quantitative estimate of drug-likeness (QED) is 0.275. The predicted molar refractivity (Wildman–Crippen MR) is 168 cm³/mol. The summed E-state index contributed by atoms with van der Waals surface area (Å²) in [7, 11) is 3.20. The minimum absolute atomic E-state index is 0.173. The van der Waals surface area contributed by atoms with Crippen LogP contribution in [0.5, 0.6) is 5.75 Å². The van der Waals surface area contributed by atoms with Gasteiger partial charge in [0.25, 0.3) is 17.4 Å². The highest BCUT2D eigenvalue weighted by molar-refractivity contribution is 9.10. The Morgan fingerprint density at radius 2 is 1.77 bits per heavy atom. The summed E-state index contributed by atoms with van der Waals surface area (Å²) in [6.45, 7) is 0.587. The average molecular weight is 661 g/mol. The number of amides is 2. The maximum absolute atomic E-state index is 14.2. The number of carbonyl (C=O) groups is 2. The number of hydrogen-bond acceptors (Lipinski definition) is 5. The van der Waals surface area contributed by atoms with Gasteiger partial charge in [-0.05, 0) is 82.5 Å². The summed E-state index contributed by atoms with van der Waals surface area (Å²) in [5, 5.41) is 7.81. The number of halogens is 2. The lowest BCUT2D eigenvalue weighted by Crippen LogP contribution is -2.41. The SMILES string of the molecule is CNC(=O)c1ccc(-n2c(=O)c3c(n4ncc(Cc5ccc(OC)cc5)c24)CN(C(=O)c2ccc(Br)c(Cl)c2)CC3)cc1. The first-order valence-corrected chi connectivity index (χ1v) is 14.8. The molecule has 0 atom stereocenters. The Morgan fingerprint density at radius 1 is 1.05 bits per heavy atom. The Labute approximate surface area is 260 Å². The van der Waals surface area contributed by atoms with Gasteiger partial charge in [-0.1, -0.05) is 23.7 Å². The Kier molecular flexibility index (Phi) is 7.81. The van der Waals surface area contributed by atoms with Gasteiger partial charge in [-0.3, -0.25) is 19.0 Å². The number of rotatable bonds is 6. The summed E-state index contributed by atoms with van der Waals surface area (Å²) in [5.41, 5.74) is 5.13. The van der Waals surface area contributed by atoms with Crippen molar-refractivity contribution in [2.75, 3.05) is 20.7 Å². The molecule has 5 aromatic rings. The van der Waals surface area contributed by atoms with Gasteiger partial charge < -0.3 is 15.0 Å². The molecule has 2 amide bonds. The summed E-state index contributed by atoms with van der Waals surface area (Å²) in [4.78, 5) is 41.6. The fourth-order valence-corrected chi connectivity index (χ4v) is 5.86. The van der Waals surface area contributed by atoms with E-state index in [9.17, 15) is 14.4 Å². The molecule has 1 aliphatic rings. The number of nitrogens with one attached hydrogen (secondary N) is 1. The van der Waals surface area contributed by atoms with E-state index in [0.29, 0.717) is 62.6 Å². The number of hydrogen-bond donors (Lipinski definition) is 1. The molecule has 0 unspecified atom stereocenters. The van der Waals surface area contributed by atoms with Gasteiger partial charge in [-0.25, -0.2) is 4.52 Å². The second kappa shape index (κ2) is 11.7. The summed E-state index contributed by atoms with van der Waals surface area (Å²) in [6, 6.07) is 19.8. The predicted octanol–water partition coefficient (Wildman–Crippen LogP) is 5.06. The molecule has 6 rings (SSSR count). The zero-order valence-corrected chi connectivity index (χ0v) is 25.8. The van der Waals surface area contributed by atoms with Crippen molar-refractivity contribution in [3.63, 3.8) is 0 Å². The van der Waals surface area contributed by atoms with E-state index in [-0.39, 0.29) is 23.9 Å². The molecule has 0 radical (unpaired) electrons. The molecular weight excluding hydrogens is 634 g/mol. The largest absolute Gasteiger partial charge is 0.497 e. The number of carbonyl (C=O) groups excluding carboxylic acids is 2. The highest BCUT2D eigenvalue weighted by atomic mass is 79.9. The topological polar surface area (TPSA) is 97.9 Å². The first-order chi connectivity index (χ1) is 20.8. The summed E-state index contributed by atoms with van der Waals surface area (Å²) in [6.07, 6.45) is 2.65. The van der Waals surface area contributed by atoms with E-state index in [1.807, 2.05) is 24.3 Å². The van der Waals surface area contributed by atoms with Crippen LogP contribution in [0.4, 0.5) is 0 Å². The minimum atomic E-state index is -0.212. The van der Waals surface area contributed by atoms with Gasteiger partial charge in [0, 0.05) is 46.7 Å². The molecule has 43 heavy (non-hydrogen) atoms. The Balaban J connectivity index is 1.47. The van der Waals surface area contributed by atoms with Gasteiger partial charge >= 0.3 is 0 Å². The molecule has 11 heteroatoms. The van der Waals surface area contributed by atoms with Gasteiger partial charge in [-0.15, -0.1) is 0 Å². The summed E-state index contributed by atoms with van der Waals surface area (Å²) >= 11 is 9.64. The van der Waals surface area contributed by atoms with E-state index in [4.69, 9.17) is 21.4 Å². The van der Waals surface area contributed by atoms with Crippen LogP contribution < -0.4 is 15.6 Å². The number of ether oxygens (including phenoxy) is 1. The lowest BCUT2D eigenvalue weighted by atomic mass is 10.0. The summed E-state index contributed by atoms with van der Waals surface area (Å²) in [5.74, 6) is 0.367. The molecule has 0 saturated heterocycles. The molecule has 1 aliphatic heterocycles. The fourth-order valence-electron chi connectivity index (χ4n) is 5.43. The highest BCUT2D eigenvalue weighted by Crippen LogP contribution is 2.28. The Hall–Kier alpha value is -4.41. The maximum atomic E-state index is 14.2. The van der Waals surface area contributed by atoms with E-state index >= 15 is 0 Å². The van der Waals surface area contributed by atoms with Crippen LogP contribution in [-0.2, 0) is 19.4 Å². The molecule has 2 aromatic heterocycles. The van der Waals surface area contributed by atoms with Gasteiger partial charge in [0.1, 0.15) is 11.4 Å². The smallest absolute Gasteiger partial charge is 0.261 e. The van der Waals surface area contributed by atoms with Crippen molar-refractivity contribution in [2.45, 2.75) is 19.4 Å². The van der Waals surface area contributed by atoms with Crippen LogP contribution in [0.2, 0.25) is 5.02 Å². The van der Waals surface area contributed by atoms with Crippen LogP contribution in [0.25, 0.3) is 11.3 Å². The first-order valence-electron chi connectivity index (χ1n) is 13.6. The standard InChI is InChI=1S/C32H27BrClN5O4/c1-35-29(40)20-5-8-23(9-6-20)38-30-22(15-19-3-10-24(43-2)11-4-19)17-36-39(30)28-18-37(14-13-25(28)32(38)42)31(41)21-7-12-26(33)27(34)16-21/h3-12,16-17H,13-15,18H2,1-2H3,(H,35,40). The third-order valence-electron chi connectivity index (χ3n) is 7.69. The second-order valence-electron chi connectivity index (χ2n) is 10.2. The zero-order chi connectivity index (χ0) is 30.2. The molecule has 218 valence electrons. The second-order valence-corrected chi connectivity index (χ2v) is 11.5. The lowest BCUT2D eigenvalue weighted by molar-refractivity contribution is 0.0729. The van der Waals surface area contributed by atoms with E-state index < -0.39 is 0 Å². The van der Waals surface area contributed by atoms with E-state index in [2.05, 4.69) is 21.2 Å². The van der Waals surface area contributed by atoms with Gasteiger partial charge in [0.2, 0.25) is 0 Å². The van der Waals surface area contributed by atoms with Crippen molar-refractivity contribution in [1.29, 1.82) is 0 Å². The van der Waals surface area contributed by atoms with E-state index in [0.717, 1.165) is 16.9 Å². The van der Waals surface area contributed by atoms with Crippen LogP contribution in [0.3, 0.4) is 0 Å². The number of methoxy groups -OCH3 is 1. The molecule has 3 aromatic carbocycles. The fraction of sp³-hybridized carbons (Fsp3) is 0.188. The van der Waals surface area contributed by atoms with Crippen LogP contribution >= 0.6 is 27.5 Å². The first kappa shape index (κ1) is 28.7. The van der Waals surface area contributed by atoms with Crippen molar-refractivity contribution in [3.8, 4) is 11.4 Å². The van der Waals surface area contributed by atoms with Crippen LogP contribution in [0.1, 0.15) is 43.1 Å². The van der Waals surface area contributed by atoms with E-state index in [1.54, 1.807) is 76.8 Å². The van der Waals surface area contributed by atoms with Gasteiger partial charge in [0.05, 0.1) is 36.3 Å². The average Bonchev–Trinajstić information content (AvgIpc) is 3.45. The summed E-state index contributed by atoms with van der Waals surface area (Å²) < 4.78 is 9.45. The Morgan fingerprint density at radius 3 is 2.44 bits per heavy atom. The normalized spacial score (nSPS) is 12.7. The van der Waals surface area contributed by atoms with Crippen LogP contribution in [0, 0.1) is 0 Å². The van der Waals surface area contributed by atoms with Crippen molar-refractivity contribution < 1.29 is 14.3 Å². The lowest BCUT2D eigenvalue weighted by Gasteiger charge is -2.30. The van der Waals surface area contributed by atoms with Gasteiger partial charge in [-0.2, -0.15) is 5.10 Å². The van der Waals surface area contributed by atoms with Crippen molar-refractivity contribution >= 4 is 45.0 Å². The van der Waals surface area contributed by atoms with Crippen molar-refractivity contribution in [3.05, 3.63) is 126 Å². The van der Waals surface area contributed by atoms with Crippen LogP contribution in [-0.4, -0.2) is 51.6 Å². The third-order valence-corrected chi connectivity index (χ3v) is 8.92. The number of benzene rings is 3. The molecule has 9 nitrogen and oxygen atoms in total. The molecule has 0 fully saturated rings. The Bertz CT molecular complexity index is 1930. The molecule has 3 heterocycles. The van der Waals surface area contributed by atoms with E-state index in [1.165, 1.54) is 0 Å². The molecule has 0 saturated carbocycles. The number of fused-ring (bicyclic) bond motifs is 3. The van der Waals surface area contributed by atoms with Crippen molar-refractivity contribution in [1.82, 2.24) is 24.4 Å². The maximum Gasteiger partial charge on any atom is 0.261 e. The molecule has 0 aliphatic carbocycles. The monoisotopic (exact) mass is 659 g/mol.